The van der Waals surface area contributed by atoms with Gasteiger partial charge in [-0.25, -0.2) is 14.0 Å². The average Bonchev–Trinajstić information content (AvgIpc) is 2.78. The number of amides is 3. The summed E-state index contributed by atoms with van der Waals surface area (Å²) < 4.78 is 20.1. The second kappa shape index (κ2) is 10.9. The number of nitrogens with one attached hydrogen (secondary N) is 2. The summed E-state index contributed by atoms with van der Waals surface area (Å²) in [5.74, 6) is -0.530. The van der Waals surface area contributed by atoms with Gasteiger partial charge in [-0.2, -0.15) is 0 Å². The van der Waals surface area contributed by atoms with Gasteiger partial charge in [0.05, 0.1) is 36.8 Å². The Morgan fingerprint density at radius 1 is 1.25 bits per heavy atom. The van der Waals surface area contributed by atoms with Crippen LogP contribution in [0.15, 0.2) is 36.5 Å². The van der Waals surface area contributed by atoms with E-state index >= 15 is 4.39 Å². The Kier molecular flexibility index (Phi) is 7.96. The van der Waals surface area contributed by atoms with Crippen LogP contribution in [0, 0.1) is 12.7 Å². The van der Waals surface area contributed by atoms with Crippen LogP contribution in [-0.2, 0) is 11.3 Å². The van der Waals surface area contributed by atoms with Crippen molar-refractivity contribution in [3.05, 3.63) is 53.6 Å². The number of pyridine rings is 1. The molecular weight excluding hydrogens is 417 g/mol. The predicted octanol–water partition coefficient (Wildman–Crippen LogP) is 2.81. The zero-order valence-corrected chi connectivity index (χ0v) is 18.2. The number of hydrogen-bond donors (Lipinski definition) is 3. The largest absolute Gasteiger partial charge is 0.450 e. The molecule has 0 spiro atoms. The van der Waals surface area contributed by atoms with Gasteiger partial charge in [0.25, 0.3) is 0 Å². The minimum atomic E-state index is -0.574. The molecule has 3 rings (SSSR count). The lowest BCUT2D eigenvalue weighted by Gasteiger charge is -2.40. The molecule has 1 aliphatic heterocycles. The van der Waals surface area contributed by atoms with Gasteiger partial charge < -0.3 is 25.4 Å². The molecule has 1 fully saturated rings. The monoisotopic (exact) mass is 445 g/mol. The number of urea groups is 1. The molecule has 2 aromatic rings. The first-order valence-electron chi connectivity index (χ1n) is 10.5. The van der Waals surface area contributed by atoms with Crippen LogP contribution in [0.5, 0.6) is 0 Å². The van der Waals surface area contributed by atoms with Crippen LogP contribution in [0.4, 0.5) is 25.4 Å². The minimum absolute atomic E-state index is 0.0592. The van der Waals surface area contributed by atoms with E-state index < -0.39 is 24.0 Å². The van der Waals surface area contributed by atoms with Gasteiger partial charge in [0.2, 0.25) is 0 Å². The molecule has 172 valence electrons. The third kappa shape index (κ3) is 5.92. The third-order valence-electron chi connectivity index (χ3n) is 5.17. The fourth-order valence-corrected chi connectivity index (χ4v) is 3.53. The third-order valence-corrected chi connectivity index (χ3v) is 5.17. The first kappa shape index (κ1) is 23.4. The summed E-state index contributed by atoms with van der Waals surface area (Å²) in [6.45, 7) is 5.15. The van der Waals surface area contributed by atoms with E-state index in [0.717, 1.165) is 5.69 Å². The number of aliphatic hydroxyl groups excluding tert-OH is 1. The summed E-state index contributed by atoms with van der Waals surface area (Å²) in [6.07, 6.45) is 1.06. The molecule has 1 aromatic heterocycles. The maximum atomic E-state index is 15.0. The van der Waals surface area contributed by atoms with Gasteiger partial charge in [-0.15, -0.1) is 0 Å². The van der Waals surface area contributed by atoms with E-state index in [4.69, 9.17) is 4.74 Å². The summed E-state index contributed by atoms with van der Waals surface area (Å²) >= 11 is 0. The molecule has 1 saturated heterocycles. The Labute approximate surface area is 186 Å². The summed E-state index contributed by atoms with van der Waals surface area (Å²) in [5.41, 5.74) is 1.78. The summed E-state index contributed by atoms with van der Waals surface area (Å²) in [5, 5.41) is 14.8. The molecule has 1 atom stereocenters. The van der Waals surface area contributed by atoms with Crippen molar-refractivity contribution in [2.24, 2.45) is 0 Å². The van der Waals surface area contributed by atoms with Crippen molar-refractivity contribution in [1.82, 2.24) is 14.8 Å². The average molecular weight is 445 g/mol. The maximum absolute atomic E-state index is 15.0. The summed E-state index contributed by atoms with van der Waals surface area (Å²) in [7, 11) is 0. The normalized spacial score (nSPS) is 16.5. The number of piperazine rings is 1. The fourth-order valence-electron chi connectivity index (χ4n) is 3.53. The highest BCUT2D eigenvalue weighted by Gasteiger charge is 2.31. The number of carbonyl (C=O) groups is 2. The van der Waals surface area contributed by atoms with E-state index in [9.17, 15) is 14.7 Å². The van der Waals surface area contributed by atoms with Crippen LogP contribution >= 0.6 is 0 Å². The number of benzene rings is 1. The molecule has 2 heterocycles. The van der Waals surface area contributed by atoms with E-state index in [1.807, 2.05) is 11.8 Å². The topological polar surface area (TPSA) is 107 Å². The van der Waals surface area contributed by atoms with Crippen molar-refractivity contribution in [2.45, 2.75) is 26.4 Å². The molecule has 1 aromatic carbocycles. The van der Waals surface area contributed by atoms with Gasteiger partial charge in [-0.05, 0) is 32.0 Å². The standard InChI is InChI=1S/C22H28FN5O4/c1-3-32-22(31)28-10-9-27(13-18(28)14-29)12-16-5-4-6-19(20(16)23)26-21(30)25-17-8-7-15(2)24-11-17/h4-8,11,18,29H,3,9-10,12-14H2,1-2H3,(H2,25,26,30)/t18-/m0/s1. The predicted molar refractivity (Wildman–Crippen MR) is 118 cm³/mol. The van der Waals surface area contributed by atoms with Crippen LogP contribution in [0.3, 0.4) is 0 Å². The van der Waals surface area contributed by atoms with Crippen molar-refractivity contribution in [3.63, 3.8) is 0 Å². The number of anilines is 2. The van der Waals surface area contributed by atoms with Crippen LogP contribution < -0.4 is 10.6 Å². The summed E-state index contributed by atoms with van der Waals surface area (Å²) in [4.78, 5) is 31.9. The lowest BCUT2D eigenvalue weighted by molar-refractivity contribution is 0.0253. The Hall–Kier alpha value is -3.24. The SMILES string of the molecule is CCOC(=O)N1CCN(Cc2cccc(NC(=O)Nc3ccc(C)nc3)c2F)C[C@H]1CO. The molecule has 10 heteroatoms. The van der Waals surface area contributed by atoms with E-state index in [1.54, 1.807) is 31.2 Å². The van der Waals surface area contributed by atoms with Crippen LogP contribution in [0.1, 0.15) is 18.2 Å². The number of rotatable bonds is 6. The number of ether oxygens (including phenoxy) is 1. The lowest BCUT2D eigenvalue weighted by Crippen LogP contribution is -2.56. The molecule has 0 unspecified atom stereocenters. The quantitative estimate of drug-likeness (QED) is 0.631. The number of halogens is 1. The Balaban J connectivity index is 1.62. The highest BCUT2D eigenvalue weighted by Crippen LogP contribution is 2.22. The zero-order valence-electron chi connectivity index (χ0n) is 18.2. The number of hydrogen-bond acceptors (Lipinski definition) is 6. The van der Waals surface area contributed by atoms with Gasteiger partial charge in [0.1, 0.15) is 0 Å². The smallest absolute Gasteiger partial charge is 0.410 e. The number of carbonyl (C=O) groups excluding carboxylic acids is 2. The van der Waals surface area contributed by atoms with E-state index in [0.29, 0.717) is 30.9 Å². The van der Waals surface area contributed by atoms with Gasteiger partial charge in [-0.1, -0.05) is 12.1 Å². The van der Waals surface area contributed by atoms with Crippen LogP contribution in [-0.4, -0.2) is 70.9 Å². The molecule has 0 saturated carbocycles. The maximum Gasteiger partial charge on any atom is 0.410 e. The van der Waals surface area contributed by atoms with Crippen molar-refractivity contribution >= 4 is 23.5 Å². The second-order valence-corrected chi connectivity index (χ2v) is 7.51. The molecule has 0 radical (unpaired) electrons. The highest BCUT2D eigenvalue weighted by atomic mass is 19.1. The van der Waals surface area contributed by atoms with Crippen LogP contribution in [0.2, 0.25) is 0 Å². The van der Waals surface area contributed by atoms with E-state index in [1.165, 1.54) is 17.2 Å². The first-order chi connectivity index (χ1) is 15.4. The zero-order chi connectivity index (χ0) is 23.1. The number of aryl methyl sites for hydroxylation is 1. The Bertz CT molecular complexity index is 940. The molecule has 1 aliphatic rings. The molecule has 9 nitrogen and oxygen atoms in total. The van der Waals surface area contributed by atoms with Crippen molar-refractivity contribution in [1.29, 1.82) is 0 Å². The lowest BCUT2D eigenvalue weighted by atomic mass is 10.1. The van der Waals surface area contributed by atoms with Gasteiger partial charge in [0.15, 0.2) is 5.82 Å². The number of nitrogens with zero attached hydrogens (tertiary/aromatic N) is 3. The van der Waals surface area contributed by atoms with Gasteiger partial charge in [0, 0.05) is 37.4 Å². The summed E-state index contributed by atoms with van der Waals surface area (Å²) in [6, 6.07) is 7.27. The van der Waals surface area contributed by atoms with Gasteiger partial charge >= 0.3 is 12.1 Å². The fraction of sp³-hybridized carbons (Fsp3) is 0.409. The first-order valence-corrected chi connectivity index (χ1v) is 10.5. The van der Waals surface area contributed by atoms with Crippen LogP contribution in [0.25, 0.3) is 0 Å². The molecule has 3 N–H and O–H groups in total. The van der Waals surface area contributed by atoms with Gasteiger partial charge in [-0.3, -0.25) is 9.88 Å². The molecular formula is C22H28FN5O4. The number of aliphatic hydroxyl groups is 1. The Morgan fingerprint density at radius 2 is 2.06 bits per heavy atom. The highest BCUT2D eigenvalue weighted by molar-refractivity contribution is 5.99. The second-order valence-electron chi connectivity index (χ2n) is 7.51. The molecule has 0 bridgehead atoms. The molecule has 32 heavy (non-hydrogen) atoms. The van der Waals surface area contributed by atoms with E-state index in [2.05, 4.69) is 15.6 Å². The minimum Gasteiger partial charge on any atom is -0.450 e. The van der Waals surface area contributed by atoms with Crippen molar-refractivity contribution in [2.75, 3.05) is 43.5 Å². The van der Waals surface area contributed by atoms with E-state index in [-0.39, 0.29) is 25.4 Å². The van der Waals surface area contributed by atoms with Crippen molar-refractivity contribution in [3.8, 4) is 0 Å². The molecule has 0 aliphatic carbocycles. The Morgan fingerprint density at radius 3 is 2.75 bits per heavy atom. The molecule has 3 amide bonds. The number of aromatic nitrogens is 1. The van der Waals surface area contributed by atoms with Crippen molar-refractivity contribution < 1.29 is 23.8 Å².